The molecule has 2 aromatic heterocycles. The van der Waals surface area contributed by atoms with Crippen molar-refractivity contribution >= 4 is 27.2 Å². The first-order valence-corrected chi connectivity index (χ1v) is 10.8. The predicted molar refractivity (Wildman–Crippen MR) is 116 cm³/mol. The van der Waals surface area contributed by atoms with E-state index in [0.717, 1.165) is 11.9 Å². The Hall–Kier alpha value is -3.79. The molecule has 8 nitrogen and oxygen atoms in total. The first-order valence-electron chi connectivity index (χ1n) is 9.30. The topological polar surface area (TPSA) is 102 Å². The number of hydrogen-bond acceptors (Lipinski definition) is 6. The van der Waals surface area contributed by atoms with Crippen LogP contribution in [0.1, 0.15) is 11.4 Å². The van der Waals surface area contributed by atoms with Gasteiger partial charge in [-0.2, -0.15) is 0 Å². The number of imidazole rings is 1. The number of aromatic nitrogens is 4. The van der Waals surface area contributed by atoms with Gasteiger partial charge in [-0.05, 0) is 61.9 Å². The molecule has 0 spiro atoms. The Morgan fingerprint density at radius 2 is 1.68 bits per heavy atom. The minimum Gasteiger partial charge on any atom is -0.340 e. The van der Waals surface area contributed by atoms with Crippen molar-refractivity contribution in [3.8, 4) is 5.82 Å². The second kappa shape index (κ2) is 8.15. The second-order valence-electron chi connectivity index (χ2n) is 6.82. The zero-order valence-corrected chi connectivity index (χ0v) is 17.6. The highest BCUT2D eigenvalue weighted by molar-refractivity contribution is 7.92. The van der Waals surface area contributed by atoms with Crippen molar-refractivity contribution in [3.05, 3.63) is 84.5 Å². The molecule has 10 heteroatoms. The first-order chi connectivity index (χ1) is 14.8. The molecule has 0 saturated carbocycles. The van der Waals surface area contributed by atoms with E-state index in [2.05, 4.69) is 25.0 Å². The lowest BCUT2D eigenvalue weighted by molar-refractivity contribution is 0.598. The molecule has 4 aromatic rings. The van der Waals surface area contributed by atoms with E-state index in [0.29, 0.717) is 28.6 Å². The quantitative estimate of drug-likeness (QED) is 0.472. The fraction of sp³-hybridized carbons (Fsp3) is 0.0952. The minimum absolute atomic E-state index is 0.0272. The Morgan fingerprint density at radius 1 is 0.935 bits per heavy atom. The van der Waals surface area contributed by atoms with E-state index in [4.69, 9.17) is 0 Å². The largest absolute Gasteiger partial charge is 0.340 e. The van der Waals surface area contributed by atoms with Gasteiger partial charge in [0.1, 0.15) is 29.6 Å². The molecule has 2 N–H and O–H groups in total. The highest BCUT2D eigenvalue weighted by Gasteiger charge is 2.17. The minimum atomic E-state index is -3.83. The zero-order valence-electron chi connectivity index (χ0n) is 16.7. The molecule has 158 valence electrons. The maximum Gasteiger partial charge on any atom is 0.262 e. The summed E-state index contributed by atoms with van der Waals surface area (Å²) >= 11 is 0. The summed E-state index contributed by atoms with van der Waals surface area (Å²) in [4.78, 5) is 12.7. The maximum atomic E-state index is 13.3. The Bertz CT molecular complexity index is 1340. The molecule has 0 unspecified atom stereocenters. The number of halogens is 1. The van der Waals surface area contributed by atoms with Gasteiger partial charge in [0.25, 0.3) is 10.0 Å². The van der Waals surface area contributed by atoms with Gasteiger partial charge in [-0.3, -0.25) is 9.29 Å². The average Bonchev–Trinajstić information content (AvgIpc) is 3.15. The van der Waals surface area contributed by atoms with Crippen LogP contribution >= 0.6 is 0 Å². The van der Waals surface area contributed by atoms with Crippen LogP contribution in [-0.4, -0.2) is 27.9 Å². The molecular formula is C21H19FN6O2S. The average molecular weight is 438 g/mol. The van der Waals surface area contributed by atoms with E-state index in [1.54, 1.807) is 43.5 Å². The van der Waals surface area contributed by atoms with Crippen molar-refractivity contribution in [2.45, 2.75) is 18.7 Å². The molecule has 0 fully saturated rings. The van der Waals surface area contributed by atoms with E-state index < -0.39 is 15.8 Å². The molecule has 0 aliphatic heterocycles. The maximum absolute atomic E-state index is 13.3. The van der Waals surface area contributed by atoms with Gasteiger partial charge < -0.3 is 5.32 Å². The normalized spacial score (nSPS) is 11.3. The summed E-state index contributed by atoms with van der Waals surface area (Å²) in [5.74, 6) is 1.57. The standard InChI is InChI=1S/C21H19FN6O2S/c1-14-11-16(22)3-8-19(14)31(29,30)27-18-6-4-17(5-7-18)26-20-12-21(25-13-24-20)28-10-9-23-15(28)2/h3-13,27H,1-2H3,(H,24,25,26). The molecule has 0 atom stereocenters. The Kier molecular flexibility index (Phi) is 5.38. The van der Waals surface area contributed by atoms with Gasteiger partial charge in [0, 0.05) is 29.8 Å². The third kappa shape index (κ3) is 4.53. The van der Waals surface area contributed by atoms with Gasteiger partial charge in [-0.15, -0.1) is 0 Å². The Balaban J connectivity index is 1.49. The third-order valence-electron chi connectivity index (χ3n) is 4.56. The number of hydrogen-bond donors (Lipinski definition) is 2. The monoisotopic (exact) mass is 438 g/mol. The summed E-state index contributed by atoms with van der Waals surface area (Å²) in [6.45, 7) is 3.42. The van der Waals surface area contributed by atoms with Crippen LogP contribution in [0, 0.1) is 19.7 Å². The molecule has 0 amide bonds. The number of anilines is 3. The van der Waals surface area contributed by atoms with Crippen molar-refractivity contribution < 1.29 is 12.8 Å². The number of nitrogens with one attached hydrogen (secondary N) is 2. The second-order valence-corrected chi connectivity index (χ2v) is 8.47. The van der Waals surface area contributed by atoms with Crippen molar-refractivity contribution in [2.75, 3.05) is 10.0 Å². The van der Waals surface area contributed by atoms with Crippen LogP contribution < -0.4 is 10.0 Å². The molecule has 2 aromatic carbocycles. The van der Waals surface area contributed by atoms with Gasteiger partial charge >= 0.3 is 0 Å². The number of rotatable bonds is 6. The summed E-state index contributed by atoms with van der Waals surface area (Å²) in [5, 5.41) is 3.16. The first kappa shape index (κ1) is 20.5. The lowest BCUT2D eigenvalue weighted by Crippen LogP contribution is -2.14. The fourth-order valence-corrected chi connectivity index (χ4v) is 4.35. The van der Waals surface area contributed by atoms with Gasteiger partial charge in [0.05, 0.1) is 4.90 Å². The number of benzene rings is 2. The zero-order chi connectivity index (χ0) is 22.0. The molecule has 2 heterocycles. The predicted octanol–water partition coefficient (Wildman–Crippen LogP) is 3.96. The van der Waals surface area contributed by atoms with Crippen molar-refractivity contribution in [1.82, 2.24) is 19.5 Å². The summed E-state index contributed by atoms with van der Waals surface area (Å²) in [6, 6.07) is 12.0. The van der Waals surface area contributed by atoms with Crippen LogP contribution in [0.15, 0.2) is 72.1 Å². The van der Waals surface area contributed by atoms with E-state index >= 15 is 0 Å². The molecule has 0 radical (unpaired) electrons. The van der Waals surface area contributed by atoms with Gasteiger partial charge in [0.2, 0.25) is 0 Å². The lowest BCUT2D eigenvalue weighted by atomic mass is 10.2. The van der Waals surface area contributed by atoms with Crippen molar-refractivity contribution in [1.29, 1.82) is 0 Å². The number of nitrogens with zero attached hydrogens (tertiary/aromatic N) is 4. The smallest absolute Gasteiger partial charge is 0.262 e. The molecule has 31 heavy (non-hydrogen) atoms. The highest BCUT2D eigenvalue weighted by atomic mass is 32.2. The SMILES string of the molecule is Cc1cc(F)ccc1S(=O)(=O)Nc1ccc(Nc2cc(-n3ccnc3C)ncn2)cc1. The van der Waals surface area contributed by atoms with Gasteiger partial charge in [-0.25, -0.2) is 27.8 Å². The van der Waals surface area contributed by atoms with E-state index in [9.17, 15) is 12.8 Å². The van der Waals surface area contributed by atoms with Crippen molar-refractivity contribution in [2.24, 2.45) is 0 Å². The molecule has 0 aliphatic rings. The van der Waals surface area contributed by atoms with Crippen LogP contribution in [0.2, 0.25) is 0 Å². The summed E-state index contributed by atoms with van der Waals surface area (Å²) in [7, 11) is -3.83. The van der Waals surface area contributed by atoms with Crippen LogP contribution in [-0.2, 0) is 10.0 Å². The molecule has 0 bridgehead atoms. The molecule has 0 aliphatic carbocycles. The van der Waals surface area contributed by atoms with Crippen LogP contribution in [0.3, 0.4) is 0 Å². The summed E-state index contributed by atoms with van der Waals surface area (Å²) in [5.41, 5.74) is 1.43. The highest BCUT2D eigenvalue weighted by Crippen LogP contribution is 2.23. The molecular weight excluding hydrogens is 419 g/mol. The molecule has 4 rings (SSSR count). The third-order valence-corrected chi connectivity index (χ3v) is 6.10. The van der Waals surface area contributed by atoms with Crippen LogP contribution in [0.25, 0.3) is 5.82 Å². The summed E-state index contributed by atoms with van der Waals surface area (Å²) < 4.78 is 42.8. The number of aryl methyl sites for hydroxylation is 2. The summed E-state index contributed by atoms with van der Waals surface area (Å²) in [6.07, 6.45) is 4.95. The number of sulfonamides is 1. The van der Waals surface area contributed by atoms with E-state index in [1.165, 1.54) is 18.5 Å². The van der Waals surface area contributed by atoms with Crippen molar-refractivity contribution in [3.63, 3.8) is 0 Å². The van der Waals surface area contributed by atoms with Gasteiger partial charge in [0.15, 0.2) is 0 Å². The lowest BCUT2D eigenvalue weighted by Gasteiger charge is -2.12. The van der Waals surface area contributed by atoms with E-state index in [1.807, 2.05) is 17.7 Å². The van der Waals surface area contributed by atoms with Gasteiger partial charge in [-0.1, -0.05) is 0 Å². The fourth-order valence-electron chi connectivity index (χ4n) is 3.06. The van der Waals surface area contributed by atoms with Crippen LogP contribution in [0.5, 0.6) is 0 Å². The molecule has 0 saturated heterocycles. The Labute approximate surface area is 178 Å². The Morgan fingerprint density at radius 3 is 2.35 bits per heavy atom. The van der Waals surface area contributed by atoms with E-state index in [-0.39, 0.29) is 4.90 Å². The van der Waals surface area contributed by atoms with Crippen LogP contribution in [0.4, 0.5) is 21.6 Å².